The fourth-order valence-electron chi connectivity index (χ4n) is 2.45. The molecule has 0 bridgehead atoms. The van der Waals surface area contributed by atoms with E-state index in [1.54, 1.807) is 0 Å². The van der Waals surface area contributed by atoms with Crippen molar-refractivity contribution < 1.29 is 14.3 Å². The van der Waals surface area contributed by atoms with Gasteiger partial charge in [-0.2, -0.15) is 0 Å². The zero-order chi connectivity index (χ0) is 13.1. The number of ether oxygens (including phenoxy) is 2. The van der Waals surface area contributed by atoms with E-state index in [1.165, 1.54) is 0 Å². The monoisotopic (exact) mass is 342 g/mol. The lowest BCUT2D eigenvalue weighted by Crippen LogP contribution is -2.40. The number of nitrogens with zero attached hydrogens (tertiary/aromatic N) is 1. The molecule has 1 amide bonds. The number of benzene rings is 1. The van der Waals surface area contributed by atoms with Crippen LogP contribution in [0.25, 0.3) is 0 Å². The van der Waals surface area contributed by atoms with Crippen molar-refractivity contribution in [3.05, 3.63) is 29.3 Å². The van der Waals surface area contributed by atoms with Crippen molar-refractivity contribution in [2.24, 2.45) is 0 Å². The quantitative estimate of drug-likeness (QED) is 0.833. The van der Waals surface area contributed by atoms with E-state index in [9.17, 15) is 4.79 Å². The van der Waals surface area contributed by atoms with E-state index < -0.39 is 0 Å². The van der Waals surface area contributed by atoms with Crippen molar-refractivity contribution in [2.75, 3.05) is 39.5 Å². The molecule has 20 heavy (non-hydrogen) atoms. The molecule has 6 heteroatoms. The predicted molar refractivity (Wildman–Crippen MR) is 80.7 cm³/mol. The lowest BCUT2D eigenvalue weighted by atomic mass is 10.1. The van der Waals surface area contributed by atoms with E-state index in [0.29, 0.717) is 38.5 Å². The van der Waals surface area contributed by atoms with Gasteiger partial charge in [-0.15, -0.1) is 17.0 Å². The average Bonchev–Trinajstić information content (AvgIpc) is 2.72. The standard InChI is InChI=1S/C14H18N2O3.BrH/c17-14(16-5-8-18-9-6-16)12-3-1-2-11-10-15-4-7-19-13(11)12;/h1-3,15H,4-10H2;1H. The Labute approximate surface area is 129 Å². The van der Waals surface area contributed by atoms with Crippen molar-refractivity contribution in [3.8, 4) is 5.75 Å². The topological polar surface area (TPSA) is 50.8 Å². The second-order valence-electron chi connectivity index (χ2n) is 4.72. The largest absolute Gasteiger partial charge is 0.491 e. The Hall–Kier alpha value is -1.11. The van der Waals surface area contributed by atoms with Gasteiger partial charge in [0.2, 0.25) is 0 Å². The van der Waals surface area contributed by atoms with Gasteiger partial charge in [0.25, 0.3) is 5.91 Å². The van der Waals surface area contributed by atoms with Gasteiger partial charge in [-0.05, 0) is 6.07 Å². The molecule has 0 saturated carbocycles. The summed E-state index contributed by atoms with van der Waals surface area (Å²) >= 11 is 0. The van der Waals surface area contributed by atoms with Gasteiger partial charge in [0.15, 0.2) is 0 Å². The summed E-state index contributed by atoms with van der Waals surface area (Å²) < 4.78 is 11.0. The third-order valence-electron chi connectivity index (χ3n) is 3.47. The van der Waals surface area contributed by atoms with Gasteiger partial charge in [-0.1, -0.05) is 12.1 Å². The van der Waals surface area contributed by atoms with Gasteiger partial charge in [0.05, 0.1) is 18.8 Å². The minimum Gasteiger partial charge on any atom is -0.491 e. The molecular weight excluding hydrogens is 324 g/mol. The number of para-hydroxylation sites is 1. The third-order valence-corrected chi connectivity index (χ3v) is 3.47. The van der Waals surface area contributed by atoms with E-state index in [0.717, 1.165) is 24.4 Å². The highest BCUT2D eigenvalue weighted by molar-refractivity contribution is 8.93. The van der Waals surface area contributed by atoms with Gasteiger partial charge in [-0.3, -0.25) is 4.79 Å². The van der Waals surface area contributed by atoms with Crippen molar-refractivity contribution >= 4 is 22.9 Å². The number of hydrogen-bond acceptors (Lipinski definition) is 4. The molecule has 0 aromatic heterocycles. The van der Waals surface area contributed by atoms with Crippen LogP contribution in [0.3, 0.4) is 0 Å². The predicted octanol–water partition coefficient (Wildman–Crippen LogP) is 1.22. The number of halogens is 1. The molecule has 1 aromatic carbocycles. The molecular formula is C14H19BrN2O3. The zero-order valence-corrected chi connectivity index (χ0v) is 13.0. The van der Waals surface area contributed by atoms with Gasteiger partial charge >= 0.3 is 0 Å². The second kappa shape index (κ2) is 7.06. The molecule has 1 fully saturated rings. The Kier molecular flexibility index (Phi) is 5.39. The smallest absolute Gasteiger partial charge is 0.257 e. The summed E-state index contributed by atoms with van der Waals surface area (Å²) in [5.74, 6) is 0.783. The van der Waals surface area contributed by atoms with Crippen molar-refractivity contribution in [1.82, 2.24) is 10.2 Å². The SMILES string of the molecule is Br.O=C(c1cccc2c1OCCNC2)N1CCOCC1. The third kappa shape index (κ3) is 3.13. The molecule has 2 heterocycles. The van der Waals surface area contributed by atoms with Gasteiger partial charge in [0.1, 0.15) is 12.4 Å². The second-order valence-corrected chi connectivity index (χ2v) is 4.72. The molecule has 0 aliphatic carbocycles. The van der Waals surface area contributed by atoms with Crippen molar-refractivity contribution in [1.29, 1.82) is 0 Å². The molecule has 2 aliphatic rings. The number of amides is 1. The maximum absolute atomic E-state index is 12.6. The van der Waals surface area contributed by atoms with Crippen LogP contribution in [0.1, 0.15) is 15.9 Å². The molecule has 0 unspecified atom stereocenters. The fourth-order valence-corrected chi connectivity index (χ4v) is 2.45. The number of carbonyl (C=O) groups excluding carboxylic acids is 1. The molecule has 5 nitrogen and oxygen atoms in total. The Morgan fingerprint density at radius 1 is 1.20 bits per heavy atom. The van der Waals surface area contributed by atoms with Gasteiger partial charge < -0.3 is 19.7 Å². The van der Waals surface area contributed by atoms with E-state index >= 15 is 0 Å². The maximum Gasteiger partial charge on any atom is 0.257 e. The summed E-state index contributed by atoms with van der Waals surface area (Å²) in [7, 11) is 0. The van der Waals surface area contributed by atoms with E-state index in [1.807, 2.05) is 23.1 Å². The van der Waals surface area contributed by atoms with Gasteiger partial charge in [-0.25, -0.2) is 0 Å². The molecule has 0 radical (unpaired) electrons. The Morgan fingerprint density at radius 3 is 2.80 bits per heavy atom. The van der Waals surface area contributed by atoms with E-state index in [2.05, 4.69) is 5.32 Å². The van der Waals surface area contributed by atoms with Crippen LogP contribution in [-0.4, -0.2) is 50.3 Å². The van der Waals surface area contributed by atoms with Crippen LogP contribution in [0.4, 0.5) is 0 Å². The molecule has 110 valence electrons. The van der Waals surface area contributed by atoms with Crippen LogP contribution in [0.5, 0.6) is 5.75 Å². The zero-order valence-electron chi connectivity index (χ0n) is 11.3. The van der Waals surface area contributed by atoms with Crippen LogP contribution in [0.15, 0.2) is 18.2 Å². The molecule has 1 saturated heterocycles. The first-order chi connectivity index (χ1) is 9.36. The average molecular weight is 343 g/mol. The van der Waals surface area contributed by atoms with Crippen LogP contribution >= 0.6 is 17.0 Å². The first-order valence-corrected chi connectivity index (χ1v) is 6.69. The number of nitrogens with one attached hydrogen (secondary N) is 1. The fraction of sp³-hybridized carbons (Fsp3) is 0.500. The molecule has 0 spiro atoms. The Morgan fingerprint density at radius 2 is 2.00 bits per heavy atom. The van der Waals surface area contributed by atoms with E-state index in [-0.39, 0.29) is 22.9 Å². The number of hydrogen-bond donors (Lipinski definition) is 1. The number of rotatable bonds is 1. The van der Waals surface area contributed by atoms with Crippen molar-refractivity contribution in [3.63, 3.8) is 0 Å². The normalized spacial score (nSPS) is 18.3. The highest BCUT2D eigenvalue weighted by atomic mass is 79.9. The van der Waals surface area contributed by atoms with Crippen LogP contribution in [0, 0.1) is 0 Å². The van der Waals surface area contributed by atoms with Gasteiger partial charge in [0, 0.05) is 31.7 Å². The summed E-state index contributed by atoms with van der Waals surface area (Å²) in [6.07, 6.45) is 0. The highest BCUT2D eigenvalue weighted by Crippen LogP contribution is 2.27. The lowest BCUT2D eigenvalue weighted by Gasteiger charge is -2.27. The van der Waals surface area contributed by atoms with Crippen LogP contribution in [-0.2, 0) is 11.3 Å². The van der Waals surface area contributed by atoms with Crippen molar-refractivity contribution in [2.45, 2.75) is 6.54 Å². The minimum atomic E-state index is 0. The first-order valence-electron chi connectivity index (χ1n) is 6.69. The summed E-state index contributed by atoms with van der Waals surface area (Å²) in [6.45, 7) is 4.69. The molecule has 0 atom stereocenters. The number of carbonyl (C=O) groups is 1. The highest BCUT2D eigenvalue weighted by Gasteiger charge is 2.23. The van der Waals surface area contributed by atoms with Crippen LogP contribution < -0.4 is 10.1 Å². The van der Waals surface area contributed by atoms with E-state index in [4.69, 9.17) is 9.47 Å². The summed E-state index contributed by atoms with van der Waals surface area (Å²) in [5.41, 5.74) is 1.72. The summed E-state index contributed by atoms with van der Waals surface area (Å²) in [6, 6.07) is 5.77. The summed E-state index contributed by atoms with van der Waals surface area (Å²) in [5, 5.41) is 3.28. The Balaban J connectivity index is 0.00000147. The number of fused-ring (bicyclic) bond motifs is 1. The Bertz CT molecular complexity index is 475. The first kappa shape index (κ1) is 15.3. The maximum atomic E-state index is 12.6. The molecule has 1 N–H and O–H groups in total. The molecule has 2 aliphatic heterocycles. The molecule has 3 rings (SSSR count). The minimum absolute atomic E-state index is 0. The molecule has 1 aromatic rings. The number of morpholine rings is 1. The van der Waals surface area contributed by atoms with Crippen LogP contribution in [0.2, 0.25) is 0 Å². The lowest BCUT2D eigenvalue weighted by molar-refractivity contribution is 0.0300. The summed E-state index contributed by atoms with van der Waals surface area (Å²) in [4.78, 5) is 14.4.